The molecule has 2 heterocycles. The summed E-state index contributed by atoms with van der Waals surface area (Å²) < 4.78 is 0. The van der Waals surface area contributed by atoms with Gasteiger partial charge in [-0.1, -0.05) is 146 Å². The molecule has 1 aliphatic rings. The van der Waals surface area contributed by atoms with Crippen molar-refractivity contribution in [2.75, 3.05) is 4.90 Å². The van der Waals surface area contributed by atoms with Crippen molar-refractivity contribution in [1.29, 1.82) is 0 Å². The quantitative estimate of drug-likeness (QED) is 0.177. The van der Waals surface area contributed by atoms with Gasteiger partial charge in [0.15, 0.2) is 17.5 Å². The molecular formula is C53H36N4. The molecule has 0 unspecified atom stereocenters. The first-order chi connectivity index (χ1) is 28.1. The van der Waals surface area contributed by atoms with Crippen molar-refractivity contribution >= 4 is 49.4 Å². The van der Waals surface area contributed by atoms with Crippen LogP contribution in [-0.4, -0.2) is 15.0 Å². The van der Waals surface area contributed by atoms with E-state index in [2.05, 4.69) is 183 Å². The maximum absolute atomic E-state index is 5.18. The molecule has 0 N–H and O–H groups in total. The van der Waals surface area contributed by atoms with Crippen molar-refractivity contribution in [2.45, 2.75) is 13.8 Å². The molecule has 0 radical (unpaired) electrons. The lowest BCUT2D eigenvalue weighted by Gasteiger charge is -2.34. The predicted molar refractivity (Wildman–Crippen MR) is 237 cm³/mol. The number of anilines is 3. The van der Waals surface area contributed by atoms with Crippen molar-refractivity contribution in [1.82, 2.24) is 15.0 Å². The molecule has 11 rings (SSSR count). The van der Waals surface area contributed by atoms with Crippen LogP contribution >= 0.6 is 0 Å². The van der Waals surface area contributed by atoms with Crippen molar-refractivity contribution < 1.29 is 0 Å². The van der Waals surface area contributed by atoms with Gasteiger partial charge in [-0.15, -0.1) is 0 Å². The summed E-state index contributed by atoms with van der Waals surface area (Å²) in [5.74, 6) is 1.93. The number of hydrogen-bond donors (Lipinski definition) is 0. The summed E-state index contributed by atoms with van der Waals surface area (Å²) in [6.45, 7) is 4.32. The second-order valence-electron chi connectivity index (χ2n) is 15.0. The minimum atomic E-state index is 0.637. The topological polar surface area (TPSA) is 41.9 Å². The molecule has 0 fully saturated rings. The van der Waals surface area contributed by atoms with Crippen molar-refractivity contribution in [2.24, 2.45) is 0 Å². The predicted octanol–water partition coefficient (Wildman–Crippen LogP) is 14.1. The SMILES string of the molecule is Cc1ccccc1-c1cc(-c2nc(-c3ccccc3)nc(-c3ccc4c(N5c6cc7ccccc7cc6-c6cccc7cccc5c67)cccc4c3)n2)ccc1C. The molecule has 0 atom stereocenters. The van der Waals surface area contributed by atoms with Gasteiger partial charge < -0.3 is 4.90 Å². The van der Waals surface area contributed by atoms with Crippen LogP contribution in [0, 0.1) is 13.8 Å². The second-order valence-corrected chi connectivity index (χ2v) is 15.0. The van der Waals surface area contributed by atoms with Gasteiger partial charge in [0.25, 0.3) is 0 Å². The van der Waals surface area contributed by atoms with Crippen LogP contribution in [0.4, 0.5) is 17.1 Å². The zero-order valence-electron chi connectivity index (χ0n) is 31.6. The Morgan fingerprint density at radius 3 is 1.70 bits per heavy atom. The summed E-state index contributed by atoms with van der Waals surface area (Å²) in [5, 5.41) is 7.21. The third-order valence-electron chi connectivity index (χ3n) is 11.5. The molecule has 1 aromatic heterocycles. The van der Waals surface area contributed by atoms with Crippen LogP contribution in [0.3, 0.4) is 0 Å². The molecular weight excluding hydrogens is 693 g/mol. The first-order valence-corrected chi connectivity index (χ1v) is 19.4. The Balaban J connectivity index is 1.08. The van der Waals surface area contributed by atoms with Gasteiger partial charge in [-0.25, -0.2) is 15.0 Å². The van der Waals surface area contributed by atoms with Crippen LogP contribution in [-0.2, 0) is 0 Å². The van der Waals surface area contributed by atoms with Crippen LogP contribution in [0.15, 0.2) is 182 Å². The Kier molecular flexibility index (Phi) is 7.58. The molecule has 1 aliphatic heterocycles. The lowest BCUT2D eigenvalue weighted by molar-refractivity contribution is 1.07. The molecule has 9 aromatic carbocycles. The highest BCUT2D eigenvalue weighted by atomic mass is 15.2. The van der Waals surface area contributed by atoms with Crippen LogP contribution in [0.2, 0.25) is 0 Å². The molecule has 268 valence electrons. The number of fused-ring (bicyclic) bond motifs is 4. The Bertz CT molecular complexity index is 3220. The minimum absolute atomic E-state index is 0.637. The minimum Gasteiger partial charge on any atom is -0.309 e. The molecule has 10 aromatic rings. The van der Waals surface area contributed by atoms with E-state index in [1.807, 2.05) is 18.2 Å². The average Bonchev–Trinajstić information content (AvgIpc) is 3.26. The molecule has 0 saturated heterocycles. The van der Waals surface area contributed by atoms with Gasteiger partial charge in [-0.05, 0) is 99.6 Å². The monoisotopic (exact) mass is 728 g/mol. The van der Waals surface area contributed by atoms with Gasteiger partial charge in [0, 0.05) is 33.0 Å². The lowest BCUT2D eigenvalue weighted by Crippen LogP contribution is -2.15. The molecule has 4 heteroatoms. The standard InChI is InChI=1S/C53H36N4/c1-33-13-6-9-21-42(33)45-31-41(26-25-34(45)2)53-55-51(36-14-4-3-5-15-36)54-52(56-53)40-27-28-43-39(29-40)20-12-23-47(43)57-48-24-11-19-35-18-10-22-44(50(35)48)46-30-37-16-7-8-17-38(37)32-49(46)57/h3-32H,1-2H3. The van der Waals surface area contributed by atoms with E-state index in [1.54, 1.807) is 0 Å². The maximum Gasteiger partial charge on any atom is 0.164 e. The van der Waals surface area contributed by atoms with Crippen LogP contribution in [0.5, 0.6) is 0 Å². The summed E-state index contributed by atoms with van der Waals surface area (Å²) >= 11 is 0. The molecule has 0 amide bonds. The highest BCUT2D eigenvalue weighted by molar-refractivity contribution is 6.17. The highest BCUT2D eigenvalue weighted by Crippen LogP contribution is 2.53. The summed E-state index contributed by atoms with van der Waals surface area (Å²) in [4.78, 5) is 17.8. The van der Waals surface area contributed by atoms with Crippen molar-refractivity contribution in [3.8, 4) is 56.4 Å². The number of aryl methyl sites for hydroxylation is 2. The first-order valence-electron chi connectivity index (χ1n) is 19.4. The number of benzene rings is 9. The van der Waals surface area contributed by atoms with Gasteiger partial charge in [-0.3, -0.25) is 0 Å². The Labute approximate surface area is 331 Å². The normalized spacial score (nSPS) is 12.0. The van der Waals surface area contributed by atoms with Gasteiger partial charge >= 0.3 is 0 Å². The molecule has 4 nitrogen and oxygen atoms in total. The fourth-order valence-electron chi connectivity index (χ4n) is 8.63. The van der Waals surface area contributed by atoms with E-state index in [-0.39, 0.29) is 0 Å². The van der Waals surface area contributed by atoms with Gasteiger partial charge in [0.2, 0.25) is 0 Å². The third kappa shape index (κ3) is 5.49. The first kappa shape index (κ1) is 33.0. The van der Waals surface area contributed by atoms with E-state index >= 15 is 0 Å². The number of aromatic nitrogens is 3. The molecule has 0 saturated carbocycles. The third-order valence-corrected chi connectivity index (χ3v) is 11.5. The fourth-order valence-corrected chi connectivity index (χ4v) is 8.63. The largest absolute Gasteiger partial charge is 0.309 e. The average molecular weight is 729 g/mol. The molecule has 0 aliphatic carbocycles. The van der Waals surface area contributed by atoms with Crippen LogP contribution < -0.4 is 4.90 Å². The molecule has 0 spiro atoms. The van der Waals surface area contributed by atoms with Crippen LogP contribution in [0.25, 0.3) is 88.7 Å². The number of nitrogens with zero attached hydrogens (tertiary/aromatic N) is 4. The zero-order valence-corrected chi connectivity index (χ0v) is 31.6. The second kappa shape index (κ2) is 13.1. The summed E-state index contributed by atoms with van der Waals surface area (Å²) in [7, 11) is 0. The lowest BCUT2D eigenvalue weighted by atomic mass is 9.89. The smallest absolute Gasteiger partial charge is 0.164 e. The van der Waals surface area contributed by atoms with Crippen LogP contribution in [0.1, 0.15) is 11.1 Å². The fraction of sp³-hybridized carbons (Fsp3) is 0.0377. The molecule has 57 heavy (non-hydrogen) atoms. The van der Waals surface area contributed by atoms with E-state index < -0.39 is 0 Å². The van der Waals surface area contributed by atoms with E-state index in [4.69, 9.17) is 15.0 Å². The van der Waals surface area contributed by atoms with E-state index in [1.165, 1.54) is 66.3 Å². The van der Waals surface area contributed by atoms with Gasteiger partial charge in [0.05, 0.1) is 17.1 Å². The number of hydrogen-bond acceptors (Lipinski definition) is 4. The van der Waals surface area contributed by atoms with Gasteiger partial charge in [0.1, 0.15) is 0 Å². The van der Waals surface area contributed by atoms with E-state index in [0.717, 1.165) is 33.2 Å². The Hall–Kier alpha value is -7.43. The number of rotatable bonds is 5. The summed E-state index contributed by atoms with van der Waals surface area (Å²) in [5.41, 5.74) is 13.7. The highest BCUT2D eigenvalue weighted by Gasteiger charge is 2.27. The molecule has 0 bridgehead atoms. The Morgan fingerprint density at radius 1 is 0.333 bits per heavy atom. The van der Waals surface area contributed by atoms with E-state index in [9.17, 15) is 0 Å². The summed E-state index contributed by atoms with van der Waals surface area (Å²) in [6.07, 6.45) is 0. The van der Waals surface area contributed by atoms with E-state index in [0.29, 0.717) is 17.5 Å². The summed E-state index contributed by atoms with van der Waals surface area (Å²) in [6, 6.07) is 65.1. The Morgan fingerprint density at radius 2 is 0.912 bits per heavy atom. The van der Waals surface area contributed by atoms with Gasteiger partial charge in [-0.2, -0.15) is 0 Å². The maximum atomic E-state index is 5.18. The zero-order chi connectivity index (χ0) is 38.0. The van der Waals surface area contributed by atoms with Crippen molar-refractivity contribution in [3.63, 3.8) is 0 Å². The van der Waals surface area contributed by atoms with Crippen molar-refractivity contribution in [3.05, 3.63) is 193 Å².